The fraction of sp³-hybridized carbons (Fsp3) is 0.158. The van der Waals surface area contributed by atoms with Crippen LogP contribution in [-0.4, -0.2) is 25.6 Å². The van der Waals surface area contributed by atoms with Crippen LogP contribution < -0.4 is 5.32 Å². The van der Waals surface area contributed by atoms with E-state index < -0.39 is 10.8 Å². The number of para-hydroxylation sites is 1. The summed E-state index contributed by atoms with van der Waals surface area (Å²) in [5.41, 5.74) is 2.45. The van der Waals surface area contributed by atoms with E-state index in [2.05, 4.69) is 33.1 Å². The Hall–Kier alpha value is -3.68. The Labute approximate surface area is 153 Å². The number of aromatic nitrogens is 3. The molecule has 136 valence electrons. The van der Waals surface area contributed by atoms with Crippen molar-refractivity contribution in [2.24, 2.45) is 0 Å². The van der Waals surface area contributed by atoms with E-state index >= 15 is 0 Å². The highest BCUT2D eigenvalue weighted by Crippen LogP contribution is 2.31. The maximum absolute atomic E-state index is 12.5. The minimum absolute atomic E-state index is 0.228. The summed E-state index contributed by atoms with van der Waals surface area (Å²) in [7, 11) is 0. The number of rotatable bonds is 4. The molecule has 2 aromatic carbocycles. The Morgan fingerprint density at radius 3 is 2.70 bits per heavy atom. The average molecular weight is 363 g/mol. The number of H-pyrrole nitrogens is 1. The van der Waals surface area contributed by atoms with Crippen molar-refractivity contribution in [3.8, 4) is 0 Å². The summed E-state index contributed by atoms with van der Waals surface area (Å²) in [6.45, 7) is 4.42. The molecule has 8 heteroatoms. The summed E-state index contributed by atoms with van der Waals surface area (Å²) in [4.78, 5) is 23.1. The number of nitrogens with zero attached hydrogens (tertiary/aromatic N) is 3. The first-order valence-electron chi connectivity index (χ1n) is 8.53. The highest BCUT2D eigenvalue weighted by molar-refractivity contribution is 6.11. The summed E-state index contributed by atoms with van der Waals surface area (Å²) < 4.78 is 2.21. The number of nitrogens with one attached hydrogen (secondary N) is 2. The Balaban J connectivity index is 1.76. The molecule has 0 spiro atoms. The van der Waals surface area contributed by atoms with Gasteiger partial charge in [0.05, 0.1) is 4.92 Å². The molecule has 8 nitrogen and oxygen atoms in total. The highest BCUT2D eigenvalue weighted by Gasteiger charge is 2.27. The number of aromatic amines is 1. The molecule has 0 saturated carbocycles. The van der Waals surface area contributed by atoms with Crippen LogP contribution in [0.4, 0.5) is 11.4 Å². The molecule has 0 aliphatic heterocycles. The Bertz CT molecular complexity index is 1200. The number of nitro groups is 1. The van der Waals surface area contributed by atoms with Crippen LogP contribution >= 0.6 is 0 Å². The first-order valence-corrected chi connectivity index (χ1v) is 8.53. The third-order valence-electron chi connectivity index (χ3n) is 4.66. The van der Waals surface area contributed by atoms with Gasteiger partial charge in [-0.05, 0) is 38.1 Å². The van der Waals surface area contributed by atoms with E-state index in [1.165, 1.54) is 6.92 Å². The fourth-order valence-corrected chi connectivity index (χ4v) is 3.47. The van der Waals surface area contributed by atoms with Gasteiger partial charge in [-0.3, -0.25) is 20.0 Å². The van der Waals surface area contributed by atoms with Gasteiger partial charge < -0.3 is 9.88 Å². The first kappa shape index (κ1) is 16.8. The van der Waals surface area contributed by atoms with E-state index in [1.54, 1.807) is 6.07 Å². The van der Waals surface area contributed by atoms with E-state index in [0.29, 0.717) is 5.69 Å². The maximum Gasteiger partial charge on any atom is 0.322 e. The highest BCUT2D eigenvalue weighted by atomic mass is 16.6. The summed E-state index contributed by atoms with van der Waals surface area (Å²) in [5.74, 6) is -0.621. The molecule has 2 heterocycles. The third-order valence-corrected chi connectivity index (χ3v) is 4.66. The number of fused-ring (bicyclic) bond motifs is 3. The number of hydrogen-bond donors (Lipinski definition) is 2. The molecule has 0 atom stereocenters. The molecule has 0 bridgehead atoms. The van der Waals surface area contributed by atoms with Crippen molar-refractivity contribution in [1.29, 1.82) is 0 Å². The van der Waals surface area contributed by atoms with Gasteiger partial charge in [-0.25, -0.2) is 0 Å². The van der Waals surface area contributed by atoms with Crippen molar-refractivity contribution in [3.05, 3.63) is 64.0 Å². The second kappa shape index (κ2) is 6.24. The Kier molecular flexibility index (Phi) is 3.88. The third kappa shape index (κ3) is 2.62. The average Bonchev–Trinajstić information content (AvgIpc) is 3.19. The second-order valence-electron chi connectivity index (χ2n) is 6.25. The molecule has 2 aromatic heterocycles. The van der Waals surface area contributed by atoms with Crippen LogP contribution in [0.15, 0.2) is 42.5 Å². The van der Waals surface area contributed by atoms with E-state index in [0.717, 1.165) is 28.4 Å². The van der Waals surface area contributed by atoms with Crippen LogP contribution in [0.1, 0.15) is 23.1 Å². The largest absolute Gasteiger partial charge is 0.341 e. The van der Waals surface area contributed by atoms with E-state index in [1.807, 2.05) is 30.3 Å². The molecule has 0 radical (unpaired) electrons. The van der Waals surface area contributed by atoms with Gasteiger partial charge in [0.1, 0.15) is 5.69 Å². The fourth-order valence-electron chi connectivity index (χ4n) is 3.47. The van der Waals surface area contributed by atoms with Crippen LogP contribution in [0.5, 0.6) is 0 Å². The van der Waals surface area contributed by atoms with Gasteiger partial charge in [0.2, 0.25) is 5.69 Å². The minimum atomic E-state index is -0.621. The normalized spacial score (nSPS) is 11.2. The molecule has 0 saturated heterocycles. The number of aryl methyl sites for hydroxylation is 2. The number of benzene rings is 2. The van der Waals surface area contributed by atoms with Crippen molar-refractivity contribution in [2.45, 2.75) is 20.4 Å². The van der Waals surface area contributed by atoms with Crippen molar-refractivity contribution in [1.82, 2.24) is 14.8 Å². The summed E-state index contributed by atoms with van der Waals surface area (Å²) in [6.07, 6.45) is 0. The lowest BCUT2D eigenvalue weighted by Gasteiger charge is -2.05. The van der Waals surface area contributed by atoms with Gasteiger partial charge in [-0.15, -0.1) is 0 Å². The predicted molar refractivity (Wildman–Crippen MR) is 103 cm³/mol. The molecular weight excluding hydrogens is 346 g/mol. The molecule has 1 amide bonds. The van der Waals surface area contributed by atoms with Crippen LogP contribution in [0.25, 0.3) is 21.8 Å². The zero-order valence-corrected chi connectivity index (χ0v) is 14.8. The van der Waals surface area contributed by atoms with Gasteiger partial charge >= 0.3 is 5.69 Å². The van der Waals surface area contributed by atoms with Gasteiger partial charge in [0.15, 0.2) is 0 Å². The van der Waals surface area contributed by atoms with Crippen molar-refractivity contribution in [2.75, 3.05) is 5.32 Å². The van der Waals surface area contributed by atoms with E-state index in [-0.39, 0.29) is 17.1 Å². The molecule has 0 unspecified atom stereocenters. The quantitative estimate of drug-likeness (QED) is 0.422. The van der Waals surface area contributed by atoms with Crippen molar-refractivity contribution in [3.63, 3.8) is 0 Å². The second-order valence-corrected chi connectivity index (χ2v) is 6.25. The zero-order valence-electron chi connectivity index (χ0n) is 14.8. The topological polar surface area (TPSA) is 106 Å². The zero-order chi connectivity index (χ0) is 19.1. The van der Waals surface area contributed by atoms with Crippen LogP contribution in [0.3, 0.4) is 0 Å². The molecule has 4 rings (SSSR count). The first-order chi connectivity index (χ1) is 13.0. The van der Waals surface area contributed by atoms with Gasteiger partial charge in [-0.2, -0.15) is 5.10 Å². The van der Waals surface area contributed by atoms with Crippen LogP contribution in [0, 0.1) is 17.0 Å². The summed E-state index contributed by atoms with van der Waals surface area (Å²) in [6, 6.07) is 13.7. The van der Waals surface area contributed by atoms with Gasteiger partial charge in [0.25, 0.3) is 5.91 Å². The summed E-state index contributed by atoms with van der Waals surface area (Å²) >= 11 is 0. The Morgan fingerprint density at radius 1 is 1.22 bits per heavy atom. The monoisotopic (exact) mass is 363 g/mol. The predicted octanol–water partition coefficient (Wildman–Crippen LogP) is 4.01. The molecule has 0 fully saturated rings. The number of carbonyl (C=O) groups is 1. The lowest BCUT2D eigenvalue weighted by Crippen LogP contribution is -2.14. The van der Waals surface area contributed by atoms with Crippen LogP contribution in [-0.2, 0) is 6.54 Å². The number of hydrogen-bond acceptors (Lipinski definition) is 4. The summed E-state index contributed by atoms with van der Waals surface area (Å²) in [5, 5.41) is 22.3. The van der Waals surface area contributed by atoms with E-state index in [9.17, 15) is 14.9 Å². The van der Waals surface area contributed by atoms with Crippen molar-refractivity contribution < 1.29 is 9.72 Å². The molecule has 2 N–H and O–H groups in total. The molecule has 0 aliphatic carbocycles. The molecule has 4 aromatic rings. The number of anilines is 1. The van der Waals surface area contributed by atoms with Crippen LogP contribution in [0.2, 0.25) is 0 Å². The smallest absolute Gasteiger partial charge is 0.322 e. The molecule has 27 heavy (non-hydrogen) atoms. The SMILES string of the molecule is CCn1c2ccccc2c2cc(NC(=O)c3n[nH]c(C)c3[N+](=O)[O-])ccc21. The van der Waals surface area contributed by atoms with Crippen molar-refractivity contribution >= 4 is 39.1 Å². The number of carbonyl (C=O) groups excluding carboxylic acids is 1. The van der Waals surface area contributed by atoms with Gasteiger partial charge in [-0.1, -0.05) is 18.2 Å². The lowest BCUT2D eigenvalue weighted by atomic mass is 10.1. The Morgan fingerprint density at radius 2 is 1.96 bits per heavy atom. The molecule has 0 aliphatic rings. The minimum Gasteiger partial charge on any atom is -0.341 e. The number of amides is 1. The maximum atomic E-state index is 12.5. The lowest BCUT2D eigenvalue weighted by molar-refractivity contribution is -0.385. The molecular formula is C19H17N5O3. The standard InChI is InChI=1S/C19H17N5O3/c1-3-23-15-7-5-4-6-13(15)14-10-12(8-9-16(14)23)20-19(25)17-18(24(26)27)11(2)21-22-17/h4-10H,3H2,1-2H3,(H,20,25)(H,21,22). The van der Waals surface area contributed by atoms with Gasteiger partial charge in [0, 0.05) is 34.0 Å². The van der Waals surface area contributed by atoms with E-state index in [4.69, 9.17) is 0 Å².